The summed E-state index contributed by atoms with van der Waals surface area (Å²) >= 11 is 0. The highest BCUT2D eigenvalue weighted by molar-refractivity contribution is 6.12. The second kappa shape index (κ2) is 24.3. The van der Waals surface area contributed by atoms with Crippen molar-refractivity contribution in [3.63, 3.8) is 0 Å². The minimum absolute atomic E-state index is 0.00564. The molecule has 0 spiro atoms. The van der Waals surface area contributed by atoms with E-state index in [1.807, 2.05) is 58.0 Å². The number of tetrazole rings is 1. The number of carbonyl (C=O) groups is 7. The number of aromatic amines is 1. The lowest BCUT2D eigenvalue weighted by Crippen LogP contribution is -2.60. The Morgan fingerprint density at radius 2 is 1.64 bits per heavy atom. The fraction of sp³-hybridized carbons (Fsp3) is 0.680. The summed E-state index contributed by atoms with van der Waals surface area (Å²) < 4.78 is 12.1. The predicted octanol–water partition coefficient (Wildman–Crippen LogP) is 3.53. The van der Waals surface area contributed by atoms with Crippen LogP contribution in [-0.4, -0.2) is 158 Å². The van der Waals surface area contributed by atoms with Gasteiger partial charge in [0.25, 0.3) is 11.8 Å². The summed E-state index contributed by atoms with van der Waals surface area (Å²) in [5, 5.41) is 20.5. The molecule has 2 bridgehead atoms. The van der Waals surface area contributed by atoms with Gasteiger partial charge in [0.05, 0.1) is 42.7 Å². The molecule has 3 N–H and O–H groups in total. The normalized spacial score (nSPS) is 22.9. The number of hydrogen-bond donors (Lipinski definition) is 3. The molecule has 2 saturated heterocycles. The first-order valence-electron chi connectivity index (χ1n) is 24.9. The zero-order valence-corrected chi connectivity index (χ0v) is 41.7. The molecule has 4 aliphatic rings. The van der Waals surface area contributed by atoms with Gasteiger partial charge in [-0.3, -0.25) is 38.5 Å². The molecule has 11 atom stereocenters. The first kappa shape index (κ1) is 52.8. The number of hydrogen-bond acceptors (Lipinski definition) is 12. The number of benzene rings is 1. The molecular formula is C50H74N10O9. The van der Waals surface area contributed by atoms with Crippen molar-refractivity contribution in [1.29, 1.82) is 0 Å². The van der Waals surface area contributed by atoms with Gasteiger partial charge in [-0.2, -0.15) is 0 Å². The highest BCUT2D eigenvalue weighted by atomic mass is 16.5. The standard InChI is InChI=1S/C50H74N10O9/c1-9-31(4)44(38(68-7)29-42(64)58-26-16-19-37(58)46(69-8)32(5)48(65)51-36(47-53-55-56-54-47)27-33-17-12-10-13-18-33)57(6)50(67)43(30(2)3)52-49(66)45-34-21-22-35(28-34)60(45)41(63)20-14-11-15-25-59-39(61)23-24-40(59)62/h10,12-13,17-18,23-24,30-32,34-38,43-46H,9,11,14-16,19-22,25-29H2,1-8H3,(H,51,65)(H,52,66)(H,53,54,55,56)/t31-,32+,34-,35+,36-,37-,38+,43-,44-,45-,46+/m0/s1. The van der Waals surface area contributed by atoms with E-state index in [2.05, 4.69) is 31.3 Å². The minimum atomic E-state index is -0.908. The lowest BCUT2D eigenvalue weighted by molar-refractivity contribution is -0.149. The topological polar surface area (TPSA) is 229 Å². The molecule has 3 fully saturated rings. The third-order valence-corrected chi connectivity index (χ3v) is 15.1. The van der Waals surface area contributed by atoms with E-state index in [0.29, 0.717) is 57.4 Å². The number of aromatic nitrogens is 4. The van der Waals surface area contributed by atoms with Crippen LogP contribution in [0.15, 0.2) is 42.5 Å². The number of likely N-dealkylation sites (N-methyl/N-ethyl adjacent to an activating group) is 1. The van der Waals surface area contributed by atoms with Crippen LogP contribution in [0.4, 0.5) is 0 Å². The number of piperidine rings is 1. The van der Waals surface area contributed by atoms with Crippen LogP contribution in [0.3, 0.4) is 0 Å². The number of amides is 7. The number of nitrogens with zero attached hydrogens (tertiary/aromatic N) is 7. The maximum atomic E-state index is 14.7. The molecule has 19 heteroatoms. The Hall–Kier alpha value is -5.56. The van der Waals surface area contributed by atoms with Crippen molar-refractivity contribution in [1.82, 2.24) is 50.9 Å². The molecule has 1 aromatic heterocycles. The fourth-order valence-corrected chi connectivity index (χ4v) is 11.1. The number of H-pyrrole nitrogens is 1. The van der Waals surface area contributed by atoms with E-state index < -0.39 is 48.3 Å². The molecule has 4 heterocycles. The molecule has 1 aromatic carbocycles. The lowest BCUT2D eigenvalue weighted by atomic mass is 9.89. The van der Waals surface area contributed by atoms with E-state index in [0.717, 1.165) is 31.2 Å². The van der Waals surface area contributed by atoms with Crippen LogP contribution < -0.4 is 10.6 Å². The zero-order chi connectivity index (χ0) is 49.9. The van der Waals surface area contributed by atoms with Crippen molar-refractivity contribution < 1.29 is 43.0 Å². The number of ether oxygens (including phenoxy) is 2. The molecule has 1 saturated carbocycles. The zero-order valence-electron chi connectivity index (χ0n) is 41.7. The number of likely N-dealkylation sites (tertiary alicyclic amines) is 2. The maximum absolute atomic E-state index is 14.7. The van der Waals surface area contributed by atoms with Gasteiger partial charge in [-0.25, -0.2) is 5.10 Å². The number of nitrogens with one attached hydrogen (secondary N) is 3. The third kappa shape index (κ3) is 12.4. The van der Waals surface area contributed by atoms with Crippen molar-refractivity contribution in [3.05, 3.63) is 53.9 Å². The first-order valence-corrected chi connectivity index (χ1v) is 24.9. The number of carbonyl (C=O) groups excluding carboxylic acids is 7. The number of fused-ring (bicyclic) bond motifs is 2. The molecule has 3 aliphatic heterocycles. The summed E-state index contributed by atoms with van der Waals surface area (Å²) in [7, 11) is 4.80. The second-order valence-corrected chi connectivity index (χ2v) is 19.8. The summed E-state index contributed by atoms with van der Waals surface area (Å²) in [5.74, 6) is -2.47. The Bertz CT molecular complexity index is 2100. The average Bonchev–Trinajstić information content (AvgIpc) is 4.22. The maximum Gasteiger partial charge on any atom is 0.253 e. The van der Waals surface area contributed by atoms with Gasteiger partial charge < -0.3 is 34.8 Å². The van der Waals surface area contributed by atoms with E-state index in [4.69, 9.17) is 9.47 Å². The molecule has 1 aliphatic carbocycles. The Kier molecular flexibility index (Phi) is 18.6. The monoisotopic (exact) mass is 959 g/mol. The van der Waals surface area contributed by atoms with Crippen molar-refractivity contribution in [3.8, 4) is 0 Å². The van der Waals surface area contributed by atoms with Gasteiger partial charge >= 0.3 is 0 Å². The van der Waals surface area contributed by atoms with Crippen molar-refractivity contribution in [2.24, 2.45) is 23.7 Å². The van der Waals surface area contributed by atoms with Crippen LogP contribution in [0.2, 0.25) is 0 Å². The van der Waals surface area contributed by atoms with Crippen LogP contribution in [0.5, 0.6) is 0 Å². The van der Waals surface area contributed by atoms with E-state index in [1.54, 1.807) is 42.9 Å². The van der Waals surface area contributed by atoms with Crippen molar-refractivity contribution in [2.45, 2.75) is 160 Å². The average molecular weight is 959 g/mol. The van der Waals surface area contributed by atoms with Crippen LogP contribution in [-0.2, 0) is 49.5 Å². The predicted molar refractivity (Wildman–Crippen MR) is 254 cm³/mol. The summed E-state index contributed by atoms with van der Waals surface area (Å²) in [5.41, 5.74) is 0.993. The third-order valence-electron chi connectivity index (χ3n) is 15.1. The SMILES string of the molecule is CC[C@H](C)[C@@H]([C@@H](CC(=O)N1CCC[C@H]1[C@H](OC)[C@@H](C)C(=O)N[C@@H](Cc1ccccc1)c1nnn[nH]1)OC)N(C)C(=O)[C@@H](NC(=O)[C@@H]1[C@H]2CC[C@H](C2)N1C(=O)CCCCCN1C(=O)C=CC1=O)C(C)C. The highest BCUT2D eigenvalue weighted by Gasteiger charge is 2.52. The molecule has 0 unspecified atom stereocenters. The van der Waals surface area contributed by atoms with Gasteiger partial charge in [0, 0.05) is 65.4 Å². The lowest BCUT2D eigenvalue weighted by Gasteiger charge is -2.41. The van der Waals surface area contributed by atoms with Gasteiger partial charge in [0.2, 0.25) is 29.5 Å². The Morgan fingerprint density at radius 1 is 0.913 bits per heavy atom. The largest absolute Gasteiger partial charge is 0.379 e. The van der Waals surface area contributed by atoms with E-state index in [9.17, 15) is 33.6 Å². The molecule has 0 radical (unpaired) electrons. The summed E-state index contributed by atoms with van der Waals surface area (Å²) in [6.07, 6.45) is 8.09. The number of methoxy groups -OCH3 is 2. The molecule has 69 heavy (non-hydrogen) atoms. The Labute approximate surface area is 406 Å². The summed E-state index contributed by atoms with van der Waals surface area (Å²) in [6.45, 7) is 10.4. The van der Waals surface area contributed by atoms with Gasteiger partial charge in [-0.05, 0) is 78.7 Å². The van der Waals surface area contributed by atoms with Gasteiger partial charge in [-0.1, -0.05) is 77.8 Å². The van der Waals surface area contributed by atoms with Crippen molar-refractivity contribution >= 4 is 41.4 Å². The molecule has 378 valence electrons. The van der Waals surface area contributed by atoms with Crippen LogP contribution >= 0.6 is 0 Å². The minimum Gasteiger partial charge on any atom is -0.379 e. The molecule has 2 aromatic rings. The van der Waals surface area contributed by atoms with Crippen LogP contribution in [0.1, 0.15) is 123 Å². The first-order chi connectivity index (χ1) is 33.1. The molecule has 7 amide bonds. The smallest absolute Gasteiger partial charge is 0.253 e. The molecular weight excluding hydrogens is 885 g/mol. The molecule has 6 rings (SSSR count). The molecule has 19 nitrogen and oxygen atoms in total. The summed E-state index contributed by atoms with van der Waals surface area (Å²) in [6, 6.07) is 6.63. The van der Waals surface area contributed by atoms with Gasteiger partial charge in [0.1, 0.15) is 12.1 Å². The van der Waals surface area contributed by atoms with E-state index in [1.165, 1.54) is 17.1 Å². The van der Waals surface area contributed by atoms with E-state index in [-0.39, 0.29) is 78.0 Å². The summed E-state index contributed by atoms with van der Waals surface area (Å²) in [4.78, 5) is 101. The van der Waals surface area contributed by atoms with E-state index >= 15 is 0 Å². The second-order valence-electron chi connectivity index (χ2n) is 19.8. The Balaban J connectivity index is 1.08. The fourth-order valence-electron chi connectivity index (χ4n) is 11.1. The number of unbranched alkanes of at least 4 members (excludes halogenated alkanes) is 2. The van der Waals surface area contributed by atoms with Gasteiger partial charge in [-0.15, -0.1) is 5.10 Å². The van der Waals surface area contributed by atoms with Crippen LogP contribution in [0, 0.1) is 23.7 Å². The highest BCUT2D eigenvalue weighted by Crippen LogP contribution is 2.43. The Morgan fingerprint density at radius 3 is 2.28 bits per heavy atom. The number of rotatable bonds is 25. The van der Waals surface area contributed by atoms with Crippen LogP contribution in [0.25, 0.3) is 0 Å². The van der Waals surface area contributed by atoms with Crippen molar-refractivity contribution in [2.75, 3.05) is 34.4 Å². The van der Waals surface area contributed by atoms with Gasteiger partial charge in [0.15, 0.2) is 5.82 Å². The quantitative estimate of drug-likeness (QED) is 0.0960. The number of imide groups is 1.